The minimum absolute atomic E-state index is 0.798. The number of hydrogen-bond acceptors (Lipinski definition) is 5. The van der Waals surface area contributed by atoms with Crippen molar-refractivity contribution in [2.45, 2.75) is 0 Å². The van der Waals surface area contributed by atoms with Gasteiger partial charge in [-0.1, -0.05) is 35.6 Å². The standard InChI is InChI=1S/C15H9N5S2/c1-2-5-11-9(4-1)10(8-16-11)14-19-20-13(12-6-3-7-21-12)17-18-15(20)22-14/h1-8,16H. The van der Waals surface area contributed by atoms with Crippen LogP contribution in [0.5, 0.6) is 0 Å². The number of aromatic nitrogens is 5. The molecule has 0 spiro atoms. The number of nitrogens with zero attached hydrogens (tertiary/aromatic N) is 4. The fourth-order valence-corrected chi connectivity index (χ4v) is 4.10. The Morgan fingerprint density at radius 2 is 2.00 bits per heavy atom. The fourth-order valence-electron chi connectivity index (χ4n) is 2.53. The van der Waals surface area contributed by atoms with E-state index in [0.717, 1.165) is 31.8 Å². The first kappa shape index (κ1) is 12.1. The van der Waals surface area contributed by atoms with E-state index in [1.807, 2.05) is 40.4 Å². The van der Waals surface area contributed by atoms with E-state index in [0.29, 0.717) is 0 Å². The van der Waals surface area contributed by atoms with Crippen molar-refractivity contribution in [2.75, 3.05) is 0 Å². The zero-order chi connectivity index (χ0) is 14.5. The molecule has 22 heavy (non-hydrogen) atoms. The van der Waals surface area contributed by atoms with Gasteiger partial charge in [-0.2, -0.15) is 9.61 Å². The summed E-state index contributed by atoms with van der Waals surface area (Å²) < 4.78 is 1.83. The third kappa shape index (κ3) is 1.66. The molecule has 0 radical (unpaired) electrons. The highest BCUT2D eigenvalue weighted by molar-refractivity contribution is 7.20. The van der Waals surface area contributed by atoms with Crippen LogP contribution in [0, 0.1) is 0 Å². The molecule has 0 fully saturated rings. The molecule has 0 aliphatic heterocycles. The predicted octanol–water partition coefficient (Wildman–Crippen LogP) is 4.06. The molecule has 0 saturated heterocycles. The van der Waals surface area contributed by atoms with Crippen LogP contribution in [0.2, 0.25) is 0 Å². The number of nitrogens with one attached hydrogen (secondary N) is 1. The van der Waals surface area contributed by atoms with E-state index in [2.05, 4.69) is 27.3 Å². The summed E-state index contributed by atoms with van der Waals surface area (Å²) in [6.07, 6.45) is 2.00. The first-order valence-corrected chi connectivity index (χ1v) is 8.42. The van der Waals surface area contributed by atoms with Crippen LogP contribution in [-0.4, -0.2) is 24.8 Å². The quantitative estimate of drug-likeness (QED) is 0.533. The van der Waals surface area contributed by atoms with Gasteiger partial charge in [0, 0.05) is 22.7 Å². The van der Waals surface area contributed by atoms with Gasteiger partial charge >= 0.3 is 0 Å². The molecular weight excluding hydrogens is 314 g/mol. The second-order valence-corrected chi connectivity index (χ2v) is 6.75. The van der Waals surface area contributed by atoms with Crippen molar-refractivity contribution in [1.29, 1.82) is 0 Å². The number of thiophene rings is 1. The maximum atomic E-state index is 4.72. The van der Waals surface area contributed by atoms with Crippen LogP contribution in [0.1, 0.15) is 0 Å². The van der Waals surface area contributed by atoms with Gasteiger partial charge in [-0.25, -0.2) is 0 Å². The molecule has 0 bridgehead atoms. The van der Waals surface area contributed by atoms with Crippen molar-refractivity contribution in [1.82, 2.24) is 24.8 Å². The molecule has 0 aliphatic rings. The maximum Gasteiger partial charge on any atom is 0.235 e. The maximum absolute atomic E-state index is 4.72. The second kappa shape index (κ2) is 4.49. The van der Waals surface area contributed by atoms with Gasteiger partial charge in [0.15, 0.2) is 5.82 Å². The number of hydrogen-bond donors (Lipinski definition) is 1. The molecule has 0 aliphatic carbocycles. The largest absolute Gasteiger partial charge is 0.360 e. The Morgan fingerprint density at radius 1 is 1.05 bits per heavy atom. The highest BCUT2D eigenvalue weighted by Crippen LogP contribution is 2.33. The molecule has 1 N–H and O–H groups in total. The normalized spacial score (nSPS) is 11.6. The summed E-state index contributed by atoms with van der Waals surface area (Å²) in [5.41, 5.74) is 2.21. The SMILES string of the molecule is c1csc(-c2nnc3sc(-c4c[nH]c5ccccc45)nn23)c1. The van der Waals surface area contributed by atoms with E-state index in [4.69, 9.17) is 5.10 Å². The van der Waals surface area contributed by atoms with Crippen LogP contribution >= 0.6 is 22.7 Å². The fraction of sp³-hybridized carbons (Fsp3) is 0. The van der Waals surface area contributed by atoms with Gasteiger partial charge in [0.05, 0.1) is 4.88 Å². The van der Waals surface area contributed by atoms with Crippen molar-refractivity contribution in [3.63, 3.8) is 0 Å². The number of fused-ring (bicyclic) bond motifs is 2. The Hall–Kier alpha value is -2.51. The number of benzene rings is 1. The first-order chi connectivity index (χ1) is 10.9. The average Bonchev–Trinajstić information content (AvgIpc) is 3.29. The van der Waals surface area contributed by atoms with Crippen LogP contribution in [0.4, 0.5) is 0 Å². The van der Waals surface area contributed by atoms with E-state index in [-0.39, 0.29) is 0 Å². The smallest absolute Gasteiger partial charge is 0.235 e. The zero-order valence-electron chi connectivity index (χ0n) is 11.2. The van der Waals surface area contributed by atoms with Crippen LogP contribution in [0.15, 0.2) is 48.0 Å². The van der Waals surface area contributed by atoms with Gasteiger partial charge in [-0.05, 0) is 17.5 Å². The molecule has 1 aromatic carbocycles. The van der Waals surface area contributed by atoms with Gasteiger partial charge < -0.3 is 4.98 Å². The molecule has 0 atom stereocenters. The topological polar surface area (TPSA) is 58.9 Å². The molecule has 0 amide bonds. The van der Waals surface area contributed by atoms with Crippen LogP contribution in [-0.2, 0) is 0 Å². The number of H-pyrrole nitrogens is 1. The molecule has 0 unspecified atom stereocenters. The van der Waals surface area contributed by atoms with E-state index in [9.17, 15) is 0 Å². The van der Waals surface area contributed by atoms with E-state index < -0.39 is 0 Å². The zero-order valence-corrected chi connectivity index (χ0v) is 12.9. The molecule has 5 aromatic rings. The molecule has 5 nitrogen and oxygen atoms in total. The Bertz CT molecular complexity index is 1080. The summed E-state index contributed by atoms with van der Waals surface area (Å²) >= 11 is 3.19. The summed E-state index contributed by atoms with van der Waals surface area (Å²) in [6, 6.07) is 12.3. The Morgan fingerprint density at radius 3 is 2.91 bits per heavy atom. The minimum atomic E-state index is 0.798. The summed E-state index contributed by atoms with van der Waals surface area (Å²) in [5, 5.41) is 17.4. The van der Waals surface area contributed by atoms with E-state index >= 15 is 0 Å². The predicted molar refractivity (Wildman–Crippen MR) is 89.3 cm³/mol. The third-order valence-corrected chi connectivity index (χ3v) is 5.35. The van der Waals surface area contributed by atoms with Gasteiger partial charge in [0.1, 0.15) is 5.01 Å². The van der Waals surface area contributed by atoms with Gasteiger partial charge in [0.2, 0.25) is 4.96 Å². The van der Waals surface area contributed by atoms with Gasteiger partial charge in [0.25, 0.3) is 0 Å². The lowest BCUT2D eigenvalue weighted by Crippen LogP contribution is -1.88. The number of aromatic amines is 1. The van der Waals surface area contributed by atoms with Gasteiger partial charge in [-0.3, -0.25) is 0 Å². The summed E-state index contributed by atoms with van der Waals surface area (Å²) in [6.45, 7) is 0. The van der Waals surface area contributed by atoms with Crippen LogP contribution < -0.4 is 0 Å². The lowest BCUT2D eigenvalue weighted by Gasteiger charge is -1.93. The summed E-state index contributed by atoms with van der Waals surface area (Å²) in [5.74, 6) is 0.798. The average molecular weight is 323 g/mol. The molecular formula is C15H9N5S2. The van der Waals surface area contributed by atoms with Crippen molar-refractivity contribution in [3.8, 4) is 21.3 Å². The highest BCUT2D eigenvalue weighted by Gasteiger charge is 2.16. The number of rotatable bonds is 2. The Balaban J connectivity index is 1.73. The molecule has 4 aromatic heterocycles. The first-order valence-electron chi connectivity index (χ1n) is 6.73. The lowest BCUT2D eigenvalue weighted by atomic mass is 10.2. The molecule has 106 valence electrons. The van der Waals surface area contributed by atoms with E-state index in [1.165, 1.54) is 5.39 Å². The Labute approximate surface area is 132 Å². The van der Waals surface area contributed by atoms with Crippen LogP contribution in [0.3, 0.4) is 0 Å². The minimum Gasteiger partial charge on any atom is -0.360 e. The van der Waals surface area contributed by atoms with E-state index in [1.54, 1.807) is 22.7 Å². The van der Waals surface area contributed by atoms with Gasteiger partial charge in [-0.15, -0.1) is 21.5 Å². The van der Waals surface area contributed by atoms with Crippen molar-refractivity contribution >= 4 is 38.5 Å². The Kier molecular flexibility index (Phi) is 2.46. The van der Waals surface area contributed by atoms with Crippen molar-refractivity contribution in [2.24, 2.45) is 0 Å². The third-order valence-electron chi connectivity index (χ3n) is 3.55. The molecule has 4 heterocycles. The van der Waals surface area contributed by atoms with Crippen molar-refractivity contribution in [3.05, 3.63) is 48.0 Å². The summed E-state index contributed by atoms with van der Waals surface area (Å²) in [4.78, 5) is 5.17. The molecule has 0 saturated carbocycles. The van der Waals surface area contributed by atoms with Crippen molar-refractivity contribution < 1.29 is 0 Å². The monoisotopic (exact) mass is 323 g/mol. The summed E-state index contributed by atoms with van der Waals surface area (Å²) in [7, 11) is 0. The number of para-hydroxylation sites is 1. The second-order valence-electron chi connectivity index (χ2n) is 4.85. The van der Waals surface area contributed by atoms with Crippen LogP contribution in [0.25, 0.3) is 37.1 Å². The molecule has 5 rings (SSSR count). The lowest BCUT2D eigenvalue weighted by molar-refractivity contribution is 0.974. The highest BCUT2D eigenvalue weighted by atomic mass is 32.1. The molecule has 7 heteroatoms.